The molecule has 3 heterocycles. The SMILES string of the molecule is C#Cc1cnc2c(Cl)cc(N[C@H](C3=CN(C4(C(F)(F)F)CC4)NN3)c3cccc4ncn(C)c34)cc2c1NCC(C)(C)C. The number of aryl methyl sites for hydroxylation is 1. The molecule has 43 heavy (non-hydrogen) atoms. The lowest BCUT2D eigenvalue weighted by Gasteiger charge is -2.28. The Morgan fingerprint density at radius 3 is 2.63 bits per heavy atom. The molecule has 1 aliphatic heterocycles. The molecule has 8 nitrogen and oxygen atoms in total. The van der Waals surface area contributed by atoms with E-state index in [1.54, 1.807) is 18.6 Å². The summed E-state index contributed by atoms with van der Waals surface area (Å²) in [6.07, 6.45) is 6.31. The van der Waals surface area contributed by atoms with Gasteiger partial charge in [0.2, 0.25) is 0 Å². The fourth-order valence-electron chi connectivity index (χ4n) is 5.45. The summed E-state index contributed by atoms with van der Waals surface area (Å²) < 4.78 is 43.9. The Morgan fingerprint density at radius 2 is 1.95 bits per heavy atom. The van der Waals surface area contributed by atoms with E-state index in [-0.39, 0.29) is 18.3 Å². The summed E-state index contributed by atoms with van der Waals surface area (Å²) in [5.74, 6) is 2.71. The Labute approximate surface area is 252 Å². The highest BCUT2D eigenvalue weighted by atomic mass is 35.5. The number of terminal acetylenes is 1. The summed E-state index contributed by atoms with van der Waals surface area (Å²) in [6.45, 7) is 7.01. The second-order valence-corrected chi connectivity index (χ2v) is 12.7. The van der Waals surface area contributed by atoms with E-state index in [0.29, 0.717) is 34.0 Å². The van der Waals surface area contributed by atoms with Crippen molar-refractivity contribution in [3.63, 3.8) is 0 Å². The van der Waals surface area contributed by atoms with E-state index in [4.69, 9.17) is 18.0 Å². The zero-order valence-corrected chi connectivity index (χ0v) is 25.0. The van der Waals surface area contributed by atoms with Gasteiger partial charge in [0.25, 0.3) is 0 Å². The topological polar surface area (TPSA) is 82.1 Å². The molecule has 0 bridgehead atoms. The summed E-state index contributed by atoms with van der Waals surface area (Å²) >= 11 is 6.78. The number of fused-ring (bicyclic) bond motifs is 2. The number of nitrogens with one attached hydrogen (secondary N) is 4. The first-order valence-electron chi connectivity index (χ1n) is 13.9. The fourth-order valence-corrected chi connectivity index (χ4v) is 5.72. The Morgan fingerprint density at radius 1 is 1.19 bits per heavy atom. The minimum atomic E-state index is -4.39. The highest BCUT2D eigenvalue weighted by molar-refractivity contribution is 6.35. The van der Waals surface area contributed by atoms with E-state index < -0.39 is 17.8 Å². The van der Waals surface area contributed by atoms with Crippen molar-refractivity contribution in [2.24, 2.45) is 12.5 Å². The molecule has 1 atom stereocenters. The molecule has 1 aliphatic carbocycles. The lowest BCUT2D eigenvalue weighted by molar-refractivity contribution is -0.195. The van der Waals surface area contributed by atoms with Crippen molar-refractivity contribution in [1.29, 1.82) is 0 Å². The molecule has 4 N–H and O–H groups in total. The molecule has 0 amide bonds. The number of aromatic nitrogens is 3. The van der Waals surface area contributed by atoms with E-state index in [1.807, 2.05) is 35.9 Å². The van der Waals surface area contributed by atoms with Gasteiger partial charge < -0.3 is 20.6 Å². The molecule has 0 spiro atoms. The molecule has 2 aliphatic rings. The van der Waals surface area contributed by atoms with Crippen LogP contribution in [-0.4, -0.2) is 37.8 Å². The van der Waals surface area contributed by atoms with Crippen LogP contribution in [0.25, 0.3) is 21.9 Å². The smallest absolute Gasteiger partial charge is 0.383 e. The van der Waals surface area contributed by atoms with Crippen LogP contribution in [-0.2, 0) is 7.05 Å². The summed E-state index contributed by atoms with van der Waals surface area (Å²) in [5.41, 5.74) is 9.25. The van der Waals surface area contributed by atoms with Crippen molar-refractivity contribution in [2.45, 2.75) is 51.4 Å². The van der Waals surface area contributed by atoms with Crippen LogP contribution in [0.4, 0.5) is 24.5 Å². The maximum absolute atomic E-state index is 14.0. The van der Waals surface area contributed by atoms with Crippen molar-refractivity contribution in [3.8, 4) is 12.3 Å². The normalized spacial score (nSPS) is 17.0. The van der Waals surface area contributed by atoms with Gasteiger partial charge in [-0.1, -0.05) is 50.4 Å². The molecule has 224 valence electrons. The first-order chi connectivity index (χ1) is 20.3. The quantitative estimate of drug-likeness (QED) is 0.175. The monoisotopic (exact) mass is 608 g/mol. The second kappa shape index (κ2) is 10.2. The minimum Gasteiger partial charge on any atom is -0.383 e. The minimum absolute atomic E-state index is 0.0134. The Balaban J connectivity index is 1.47. The predicted molar refractivity (Wildman–Crippen MR) is 164 cm³/mol. The van der Waals surface area contributed by atoms with E-state index in [0.717, 1.165) is 32.7 Å². The molecule has 6 rings (SSSR count). The summed E-state index contributed by atoms with van der Waals surface area (Å²) in [7, 11) is 1.88. The largest absolute Gasteiger partial charge is 0.413 e. The molecule has 12 heteroatoms. The number of halogens is 4. The molecular weight excluding hydrogens is 577 g/mol. The molecule has 4 aromatic rings. The Hall–Kier alpha value is -4.14. The standard InChI is InChI=1S/C31H32ClF3N8/c1-6-18-14-36-26-21(25(18)37-16-29(2,3)4)12-19(13-22(26)32)39-27(20-8-7-9-23-28(20)42(5)17-38-23)24-15-43(41-40-24)30(10-11-30)31(33,34)35/h1,7-9,12-15,17,27,39-41H,10-11,16H2,2-5H3,(H,36,37)/t27-/m0/s1. The number of imidazole rings is 1. The third-order valence-electron chi connectivity index (χ3n) is 7.88. The molecule has 2 aromatic heterocycles. The summed E-state index contributed by atoms with van der Waals surface area (Å²) in [6, 6.07) is 8.77. The number of alkyl halides is 3. The number of hydrazine groups is 2. The third-order valence-corrected chi connectivity index (χ3v) is 8.17. The first-order valence-corrected chi connectivity index (χ1v) is 14.3. The maximum Gasteiger partial charge on any atom is 0.413 e. The van der Waals surface area contributed by atoms with Gasteiger partial charge in [-0.15, -0.1) is 12.0 Å². The lowest BCUT2D eigenvalue weighted by atomic mass is 9.96. The van der Waals surface area contributed by atoms with Gasteiger partial charge in [0.15, 0.2) is 5.54 Å². The number of pyridine rings is 1. The number of para-hydroxylation sites is 1. The molecule has 0 radical (unpaired) electrons. The molecule has 0 unspecified atom stereocenters. The zero-order valence-electron chi connectivity index (χ0n) is 24.2. The number of nitrogens with zero attached hydrogens (tertiary/aromatic N) is 4. The molecule has 2 aromatic carbocycles. The van der Waals surface area contributed by atoms with Crippen LogP contribution in [0.5, 0.6) is 0 Å². The van der Waals surface area contributed by atoms with Gasteiger partial charge in [0.05, 0.1) is 50.9 Å². The van der Waals surface area contributed by atoms with Crippen molar-refractivity contribution < 1.29 is 13.2 Å². The molecule has 0 saturated heterocycles. The van der Waals surface area contributed by atoms with Crippen molar-refractivity contribution in [2.75, 3.05) is 17.2 Å². The fraction of sp³-hybridized carbons (Fsp3) is 0.355. The van der Waals surface area contributed by atoms with Gasteiger partial charge >= 0.3 is 6.18 Å². The Kier molecular flexibility index (Phi) is 6.90. The van der Waals surface area contributed by atoms with Crippen molar-refractivity contribution in [3.05, 3.63) is 70.9 Å². The van der Waals surface area contributed by atoms with Gasteiger partial charge in [-0.05, 0) is 36.5 Å². The zero-order chi connectivity index (χ0) is 30.7. The van der Waals surface area contributed by atoms with Crippen LogP contribution in [0.3, 0.4) is 0 Å². The van der Waals surface area contributed by atoms with Crippen molar-refractivity contribution in [1.82, 2.24) is 30.5 Å². The van der Waals surface area contributed by atoms with Crippen LogP contribution in [0.1, 0.15) is 50.8 Å². The average Bonchev–Trinajstić information content (AvgIpc) is 3.49. The van der Waals surface area contributed by atoms with E-state index in [2.05, 4.69) is 58.3 Å². The highest BCUT2D eigenvalue weighted by Gasteiger charge is 2.67. The van der Waals surface area contributed by atoms with Crippen LogP contribution in [0.15, 0.2) is 54.8 Å². The number of benzene rings is 2. The van der Waals surface area contributed by atoms with Gasteiger partial charge in [0.1, 0.15) is 0 Å². The second-order valence-electron chi connectivity index (χ2n) is 12.3. The first kappa shape index (κ1) is 29.0. The average molecular weight is 609 g/mol. The predicted octanol–water partition coefficient (Wildman–Crippen LogP) is 6.63. The van der Waals surface area contributed by atoms with E-state index >= 15 is 0 Å². The van der Waals surface area contributed by atoms with Crippen LogP contribution < -0.4 is 21.6 Å². The Bertz CT molecular complexity index is 1790. The number of anilines is 2. The van der Waals surface area contributed by atoms with Crippen molar-refractivity contribution >= 4 is 44.9 Å². The van der Waals surface area contributed by atoms with Crippen LogP contribution >= 0.6 is 11.6 Å². The van der Waals surface area contributed by atoms with Gasteiger partial charge in [-0.2, -0.15) is 13.2 Å². The van der Waals surface area contributed by atoms with Crippen LogP contribution in [0.2, 0.25) is 5.02 Å². The maximum atomic E-state index is 14.0. The van der Waals surface area contributed by atoms with E-state index in [1.165, 1.54) is 6.20 Å². The number of hydrogen-bond donors (Lipinski definition) is 4. The molecule has 1 saturated carbocycles. The molecule has 1 fully saturated rings. The van der Waals surface area contributed by atoms with Crippen LogP contribution in [0, 0.1) is 17.8 Å². The summed E-state index contributed by atoms with van der Waals surface area (Å²) in [5, 5.41) is 9.29. The van der Waals surface area contributed by atoms with E-state index in [9.17, 15) is 13.2 Å². The van der Waals surface area contributed by atoms with Gasteiger partial charge in [-0.25, -0.2) is 4.98 Å². The number of rotatable bonds is 7. The molecular formula is C31H32ClF3N8. The highest BCUT2D eigenvalue weighted by Crippen LogP contribution is 2.54. The number of hydrogen-bond acceptors (Lipinski definition) is 7. The van der Waals surface area contributed by atoms with Gasteiger partial charge in [-0.3, -0.25) is 9.99 Å². The summed E-state index contributed by atoms with van der Waals surface area (Å²) in [4.78, 5) is 9.01. The van der Waals surface area contributed by atoms with Gasteiger partial charge in [0, 0.05) is 42.6 Å². The lowest BCUT2D eigenvalue weighted by Crippen LogP contribution is -2.52. The third kappa shape index (κ3) is 5.19.